The summed E-state index contributed by atoms with van der Waals surface area (Å²) in [5.74, 6) is -2.35. The van der Waals surface area contributed by atoms with Crippen molar-refractivity contribution >= 4 is 23.6 Å². The number of nitrogens with one attached hydrogen (secondary N) is 1. The van der Waals surface area contributed by atoms with Crippen molar-refractivity contribution in [2.45, 2.75) is 25.4 Å². The quantitative estimate of drug-likeness (QED) is 0.812. The zero-order valence-electron chi connectivity index (χ0n) is 14.7. The van der Waals surface area contributed by atoms with Gasteiger partial charge in [-0.25, -0.2) is 4.79 Å². The van der Waals surface area contributed by atoms with Gasteiger partial charge in [0, 0.05) is 5.69 Å². The Kier molecular flexibility index (Phi) is 4.91. The molecule has 2 atom stereocenters. The predicted molar refractivity (Wildman–Crippen MR) is 99.6 cm³/mol. The first-order valence-electron chi connectivity index (χ1n) is 8.51. The number of aliphatic hydroxyl groups is 1. The maximum Gasteiger partial charge on any atom is 0.343 e. The van der Waals surface area contributed by atoms with Gasteiger partial charge in [0.25, 0.3) is 0 Å². The number of aryl methyl sites for hydroxylation is 1. The van der Waals surface area contributed by atoms with Gasteiger partial charge in [-0.2, -0.15) is 0 Å². The first-order valence-corrected chi connectivity index (χ1v) is 8.51. The van der Waals surface area contributed by atoms with E-state index in [0.717, 1.165) is 11.1 Å². The van der Waals surface area contributed by atoms with E-state index >= 15 is 0 Å². The molecule has 0 radical (unpaired) electrons. The molecule has 5 nitrogen and oxygen atoms in total. The predicted octanol–water partition coefficient (Wildman–Crippen LogP) is 3.04. The molecule has 26 heavy (non-hydrogen) atoms. The van der Waals surface area contributed by atoms with Crippen LogP contribution in [-0.4, -0.2) is 29.2 Å². The molecule has 2 aromatic carbocycles. The Hall–Kier alpha value is -2.92. The second-order valence-electron chi connectivity index (χ2n) is 6.30. The lowest BCUT2D eigenvalue weighted by Crippen LogP contribution is -2.46. The van der Waals surface area contributed by atoms with Crippen LogP contribution >= 0.6 is 0 Å². The Bertz CT molecular complexity index is 860. The van der Waals surface area contributed by atoms with Crippen LogP contribution in [0.15, 0.2) is 54.6 Å². The van der Waals surface area contributed by atoms with Crippen LogP contribution in [0.3, 0.4) is 0 Å². The average molecular weight is 351 g/mol. The molecule has 0 spiro atoms. The minimum atomic E-state index is -2.10. The van der Waals surface area contributed by atoms with Crippen molar-refractivity contribution in [2.75, 3.05) is 11.9 Å². The molecule has 0 aliphatic carbocycles. The Morgan fingerprint density at radius 3 is 2.69 bits per heavy atom. The van der Waals surface area contributed by atoms with E-state index < -0.39 is 23.4 Å². The number of esters is 1. The number of anilines is 1. The van der Waals surface area contributed by atoms with E-state index in [2.05, 4.69) is 5.32 Å². The summed E-state index contributed by atoms with van der Waals surface area (Å²) in [6.07, 6.45) is 2.97. The first-order chi connectivity index (χ1) is 12.5. The molecule has 0 fully saturated rings. The Morgan fingerprint density at radius 1 is 1.27 bits per heavy atom. The minimum absolute atomic E-state index is 0.106. The van der Waals surface area contributed by atoms with Crippen molar-refractivity contribution in [1.29, 1.82) is 0 Å². The van der Waals surface area contributed by atoms with Gasteiger partial charge < -0.3 is 15.2 Å². The molecular weight excluding hydrogens is 330 g/mol. The van der Waals surface area contributed by atoms with Gasteiger partial charge in [-0.15, -0.1) is 0 Å². The van der Waals surface area contributed by atoms with Gasteiger partial charge in [0.2, 0.25) is 5.91 Å². The third-order valence-corrected chi connectivity index (χ3v) is 4.41. The largest absolute Gasteiger partial charge is 0.464 e. The summed E-state index contributed by atoms with van der Waals surface area (Å²) < 4.78 is 5.08. The van der Waals surface area contributed by atoms with Crippen LogP contribution in [0.25, 0.3) is 6.08 Å². The summed E-state index contributed by atoms with van der Waals surface area (Å²) in [5.41, 5.74) is 0.820. The fraction of sp³-hybridized carbons (Fsp3) is 0.238. The maximum absolute atomic E-state index is 12.6. The maximum atomic E-state index is 12.6. The highest BCUT2D eigenvalue weighted by Crippen LogP contribution is 2.41. The molecular formula is C21H21NO4. The standard InChI is InChI=1S/C21H21NO4/c1-3-26-20(24)21(25,12-11-15-7-5-4-6-8-15)18-16-13-14(2)9-10-17(16)22-19(18)23/h4-13,18,25H,3H2,1-2H3,(H,22,23)/b12-11+. The lowest BCUT2D eigenvalue weighted by atomic mass is 9.81. The number of rotatable bonds is 5. The number of ether oxygens (including phenoxy) is 1. The van der Waals surface area contributed by atoms with Crippen molar-refractivity contribution < 1.29 is 19.4 Å². The highest BCUT2D eigenvalue weighted by molar-refractivity contribution is 6.08. The van der Waals surface area contributed by atoms with Crippen LogP contribution in [0.4, 0.5) is 5.69 Å². The van der Waals surface area contributed by atoms with Crippen molar-refractivity contribution in [3.63, 3.8) is 0 Å². The Labute approximate surface area is 152 Å². The smallest absolute Gasteiger partial charge is 0.343 e. The van der Waals surface area contributed by atoms with Crippen molar-refractivity contribution in [1.82, 2.24) is 0 Å². The number of carbonyl (C=O) groups is 2. The molecule has 2 unspecified atom stereocenters. The molecule has 0 saturated heterocycles. The summed E-state index contributed by atoms with van der Waals surface area (Å²) in [5, 5.41) is 14.0. The summed E-state index contributed by atoms with van der Waals surface area (Å²) >= 11 is 0. The van der Waals surface area contributed by atoms with Crippen molar-refractivity contribution in [3.8, 4) is 0 Å². The lowest BCUT2D eigenvalue weighted by Gasteiger charge is -2.27. The highest BCUT2D eigenvalue weighted by Gasteiger charge is 2.51. The minimum Gasteiger partial charge on any atom is -0.464 e. The van der Waals surface area contributed by atoms with Crippen molar-refractivity contribution in [2.24, 2.45) is 0 Å². The molecule has 134 valence electrons. The van der Waals surface area contributed by atoms with E-state index in [1.165, 1.54) is 6.08 Å². The fourth-order valence-electron chi connectivity index (χ4n) is 3.13. The monoisotopic (exact) mass is 351 g/mol. The van der Waals surface area contributed by atoms with Crippen molar-refractivity contribution in [3.05, 3.63) is 71.3 Å². The molecule has 3 rings (SSSR count). The molecule has 2 aromatic rings. The number of hydrogen-bond donors (Lipinski definition) is 2. The molecule has 1 aliphatic rings. The third kappa shape index (κ3) is 3.26. The number of carbonyl (C=O) groups excluding carboxylic acids is 2. The zero-order chi connectivity index (χ0) is 18.7. The molecule has 1 aliphatic heterocycles. The molecule has 1 amide bonds. The molecule has 2 N–H and O–H groups in total. The highest BCUT2D eigenvalue weighted by atomic mass is 16.5. The number of hydrogen-bond acceptors (Lipinski definition) is 4. The summed E-state index contributed by atoms with van der Waals surface area (Å²) in [6, 6.07) is 14.7. The summed E-state index contributed by atoms with van der Waals surface area (Å²) in [7, 11) is 0. The van der Waals surface area contributed by atoms with Gasteiger partial charge in [-0.1, -0.05) is 54.1 Å². The van der Waals surface area contributed by atoms with Gasteiger partial charge in [-0.3, -0.25) is 4.79 Å². The number of amides is 1. The second kappa shape index (κ2) is 7.14. The van der Waals surface area contributed by atoms with Crippen LogP contribution < -0.4 is 5.32 Å². The SMILES string of the molecule is CCOC(=O)C(O)(/C=C/c1ccccc1)C1C(=O)Nc2ccc(C)cc21. The fourth-order valence-corrected chi connectivity index (χ4v) is 3.13. The van der Waals surface area contributed by atoms with Gasteiger partial charge in [-0.05, 0) is 37.1 Å². The van der Waals surface area contributed by atoms with Gasteiger partial charge >= 0.3 is 5.97 Å². The van der Waals surface area contributed by atoms with Gasteiger partial charge in [0.15, 0.2) is 5.60 Å². The van der Waals surface area contributed by atoms with E-state index in [4.69, 9.17) is 4.74 Å². The topological polar surface area (TPSA) is 75.6 Å². The van der Waals surface area contributed by atoms with Gasteiger partial charge in [0.05, 0.1) is 6.61 Å². The normalized spacial score (nSPS) is 18.3. The van der Waals surface area contributed by atoms with Crippen LogP contribution in [0.1, 0.15) is 29.5 Å². The van der Waals surface area contributed by atoms with Crippen LogP contribution in [0, 0.1) is 6.92 Å². The summed E-state index contributed by atoms with van der Waals surface area (Å²) in [4.78, 5) is 25.2. The van der Waals surface area contributed by atoms with E-state index in [1.54, 1.807) is 25.1 Å². The molecule has 5 heteroatoms. The van der Waals surface area contributed by atoms with E-state index in [0.29, 0.717) is 11.3 Å². The number of benzene rings is 2. The van der Waals surface area contributed by atoms with E-state index in [-0.39, 0.29) is 6.61 Å². The summed E-state index contributed by atoms with van der Waals surface area (Å²) in [6.45, 7) is 3.66. The Balaban J connectivity index is 2.07. The zero-order valence-corrected chi connectivity index (χ0v) is 14.7. The lowest BCUT2D eigenvalue weighted by molar-refractivity contribution is -0.163. The van der Waals surface area contributed by atoms with Crippen LogP contribution in [0.2, 0.25) is 0 Å². The first kappa shape index (κ1) is 17.9. The second-order valence-corrected chi connectivity index (χ2v) is 6.30. The van der Waals surface area contributed by atoms with Gasteiger partial charge in [0.1, 0.15) is 5.92 Å². The third-order valence-electron chi connectivity index (χ3n) is 4.41. The van der Waals surface area contributed by atoms with E-state index in [1.807, 2.05) is 43.3 Å². The Morgan fingerprint density at radius 2 is 2.00 bits per heavy atom. The molecule has 1 heterocycles. The molecule has 0 bridgehead atoms. The number of fused-ring (bicyclic) bond motifs is 1. The average Bonchev–Trinajstić information content (AvgIpc) is 2.96. The van der Waals surface area contributed by atoms with Crippen LogP contribution in [0.5, 0.6) is 0 Å². The van der Waals surface area contributed by atoms with E-state index in [9.17, 15) is 14.7 Å². The van der Waals surface area contributed by atoms with Crippen LogP contribution in [-0.2, 0) is 14.3 Å². The molecule has 0 aromatic heterocycles. The molecule has 0 saturated carbocycles.